The molecule has 11 heteroatoms. The van der Waals surface area contributed by atoms with Gasteiger partial charge in [0.1, 0.15) is 23.0 Å². The van der Waals surface area contributed by atoms with Gasteiger partial charge in [-0.1, -0.05) is 41.7 Å². The second kappa shape index (κ2) is 9.70. The van der Waals surface area contributed by atoms with E-state index in [1.165, 1.54) is 36.7 Å². The number of fused-ring (bicyclic) bond motifs is 1. The van der Waals surface area contributed by atoms with Crippen LogP contribution in [0.25, 0.3) is 23.5 Å². The molecule has 1 unspecified atom stereocenters. The van der Waals surface area contributed by atoms with E-state index in [0.29, 0.717) is 22.2 Å². The Labute approximate surface area is 228 Å². The van der Waals surface area contributed by atoms with E-state index in [-0.39, 0.29) is 38.9 Å². The van der Waals surface area contributed by atoms with Gasteiger partial charge in [0, 0.05) is 22.7 Å². The molecule has 1 atom stereocenters. The number of aromatic nitrogens is 3. The van der Waals surface area contributed by atoms with Crippen LogP contribution in [0.1, 0.15) is 23.1 Å². The van der Waals surface area contributed by atoms with Crippen LogP contribution in [0.5, 0.6) is 17.4 Å². The molecule has 1 aliphatic heterocycles. The Hall–Kier alpha value is -4.87. The van der Waals surface area contributed by atoms with Crippen LogP contribution < -0.4 is 20.0 Å². The van der Waals surface area contributed by atoms with Crippen molar-refractivity contribution in [3.8, 4) is 28.8 Å². The molecule has 2 aromatic heterocycles. The Bertz CT molecular complexity index is 1980. The van der Waals surface area contributed by atoms with E-state index in [0.717, 1.165) is 17.4 Å². The highest BCUT2D eigenvalue weighted by molar-refractivity contribution is 7.10. The van der Waals surface area contributed by atoms with Crippen molar-refractivity contribution in [1.82, 2.24) is 15.0 Å². The van der Waals surface area contributed by atoms with Crippen molar-refractivity contribution in [2.75, 3.05) is 0 Å². The molecule has 0 spiro atoms. The van der Waals surface area contributed by atoms with E-state index in [1.54, 1.807) is 37.3 Å². The van der Waals surface area contributed by atoms with Crippen molar-refractivity contribution in [3.63, 3.8) is 0 Å². The lowest BCUT2D eigenvalue weighted by molar-refractivity contribution is 0.0979. The quantitative estimate of drug-likeness (QED) is 0.249. The molecule has 5 aromatic rings. The average Bonchev–Trinajstić information content (AvgIpc) is 3.68. The maximum atomic E-state index is 15.3. The van der Waals surface area contributed by atoms with Crippen LogP contribution in [-0.2, 0) is 5.60 Å². The summed E-state index contributed by atoms with van der Waals surface area (Å²) >= 11 is 0.748. The minimum absolute atomic E-state index is 0.0381. The van der Waals surface area contributed by atoms with Crippen molar-refractivity contribution >= 4 is 35.4 Å². The predicted octanol–water partition coefficient (Wildman–Crippen LogP) is 4.18. The van der Waals surface area contributed by atoms with Gasteiger partial charge in [0.05, 0.1) is 28.0 Å². The largest absolute Gasteiger partial charge is 0.493 e. The van der Waals surface area contributed by atoms with Crippen molar-refractivity contribution < 1.29 is 23.7 Å². The third kappa shape index (κ3) is 4.51. The Balaban J connectivity index is 1.41. The number of nitrogens with one attached hydrogen (secondary N) is 2. The highest BCUT2D eigenvalue weighted by Gasteiger charge is 2.28. The van der Waals surface area contributed by atoms with Crippen molar-refractivity contribution in [2.24, 2.45) is 4.99 Å². The summed E-state index contributed by atoms with van der Waals surface area (Å²) < 4.78 is 36.2. The first-order valence-electron chi connectivity index (χ1n) is 12.0. The molecule has 200 valence electrons. The van der Waals surface area contributed by atoms with E-state index < -0.39 is 22.1 Å². The predicted molar refractivity (Wildman–Crippen MR) is 148 cm³/mol. The fourth-order valence-electron chi connectivity index (χ4n) is 4.43. The van der Waals surface area contributed by atoms with Gasteiger partial charge in [0.25, 0.3) is 0 Å². The molecule has 6 rings (SSSR count). The van der Waals surface area contributed by atoms with Gasteiger partial charge in [-0.05, 0) is 42.8 Å². The minimum Gasteiger partial charge on any atom is -0.493 e. The molecular formula is C29H20F2N4O4S. The lowest BCUT2D eigenvalue weighted by atomic mass is 9.93. The molecular weight excluding hydrogens is 538 g/mol. The first kappa shape index (κ1) is 25.4. The number of hydrogen-bond acceptors (Lipinski definition) is 7. The maximum Gasteiger partial charge on any atom is 0.307 e. The van der Waals surface area contributed by atoms with Gasteiger partial charge in [-0.15, -0.1) is 0 Å². The van der Waals surface area contributed by atoms with Gasteiger partial charge in [0.2, 0.25) is 5.88 Å². The normalized spacial score (nSPS) is 14.2. The molecule has 0 radical (unpaired) electrons. The van der Waals surface area contributed by atoms with Crippen LogP contribution in [0, 0.1) is 11.6 Å². The number of H-pyrrole nitrogens is 2. The summed E-state index contributed by atoms with van der Waals surface area (Å²) in [5, 5.41) is 22.0. The second-order valence-corrected chi connectivity index (χ2v) is 10.2. The number of aliphatic imine (C=N–C) groups is 1. The topological polar surface area (TPSA) is 124 Å². The number of aliphatic hydroxyl groups is 1. The number of nitrogens with zero attached hydrogens (tertiary/aromatic N) is 2. The molecule has 3 heterocycles. The Kier molecular flexibility index (Phi) is 6.16. The molecule has 0 bridgehead atoms. The Morgan fingerprint density at radius 2 is 1.88 bits per heavy atom. The van der Waals surface area contributed by atoms with E-state index in [9.17, 15) is 19.4 Å². The van der Waals surface area contributed by atoms with Gasteiger partial charge in [-0.3, -0.25) is 14.8 Å². The average molecular weight is 559 g/mol. The molecule has 40 heavy (non-hydrogen) atoms. The molecule has 8 nitrogen and oxygen atoms in total. The maximum absolute atomic E-state index is 15.3. The SMILES string of the molecule is CC(O)(c1ccccc1)c1cnc(-c2cc(Oc3c(F)cc4c(/c3=C\c3sc(=O)[nH]c3O)=CC=N4)ccc2F)[nH]1. The standard InChI is InChI=1S/C29H20F2N4O4S/c1-29(38,15-5-3-2-4-6-15)24-14-33-26(34-24)19-11-16(7-8-20(19)30)39-25-18(12-23-27(36)35-28(37)40-23)17-9-10-32-22(17)13-21(25)31/h2-14,36,38H,1H3,(H,33,34)(H,35,37)/b18-12+. The third-order valence-corrected chi connectivity index (χ3v) is 7.35. The summed E-state index contributed by atoms with van der Waals surface area (Å²) in [6, 6.07) is 14.0. The van der Waals surface area contributed by atoms with Crippen molar-refractivity contribution in [1.29, 1.82) is 0 Å². The van der Waals surface area contributed by atoms with Gasteiger partial charge >= 0.3 is 4.87 Å². The first-order chi connectivity index (χ1) is 19.2. The second-order valence-electron chi connectivity index (χ2n) is 9.18. The molecule has 0 aliphatic carbocycles. The molecule has 0 saturated carbocycles. The smallest absolute Gasteiger partial charge is 0.307 e. The lowest BCUT2D eigenvalue weighted by Crippen LogP contribution is -2.26. The third-order valence-electron chi connectivity index (χ3n) is 6.53. The summed E-state index contributed by atoms with van der Waals surface area (Å²) in [5.74, 6) is -1.68. The number of benzene rings is 3. The van der Waals surface area contributed by atoms with E-state index in [2.05, 4.69) is 19.9 Å². The molecule has 0 fully saturated rings. The number of hydrogen-bond donors (Lipinski definition) is 4. The number of imidazole rings is 1. The van der Waals surface area contributed by atoms with Gasteiger partial charge in [0.15, 0.2) is 11.6 Å². The minimum atomic E-state index is -1.41. The number of aromatic amines is 2. The van der Waals surface area contributed by atoms with Crippen LogP contribution in [-0.4, -0.2) is 31.4 Å². The van der Waals surface area contributed by atoms with E-state index in [1.807, 2.05) is 6.07 Å². The Morgan fingerprint density at radius 3 is 2.62 bits per heavy atom. The number of rotatable bonds is 6. The highest BCUT2D eigenvalue weighted by Crippen LogP contribution is 2.32. The van der Waals surface area contributed by atoms with Crippen LogP contribution >= 0.6 is 11.3 Å². The summed E-state index contributed by atoms with van der Waals surface area (Å²) in [5.41, 5.74) is -0.0504. The zero-order valence-corrected chi connectivity index (χ0v) is 21.6. The summed E-state index contributed by atoms with van der Waals surface area (Å²) in [4.78, 5) is 25.1. The van der Waals surface area contributed by atoms with Crippen molar-refractivity contribution in [3.05, 3.63) is 109 Å². The van der Waals surface area contributed by atoms with Gasteiger partial charge < -0.3 is 19.9 Å². The van der Waals surface area contributed by atoms with Crippen LogP contribution in [0.3, 0.4) is 0 Å². The number of aromatic hydroxyl groups is 1. The molecule has 0 saturated heterocycles. The van der Waals surface area contributed by atoms with Crippen molar-refractivity contribution in [2.45, 2.75) is 12.5 Å². The zero-order valence-electron chi connectivity index (χ0n) is 20.8. The van der Waals surface area contributed by atoms with Gasteiger partial charge in [-0.2, -0.15) is 0 Å². The highest BCUT2D eigenvalue weighted by atomic mass is 32.1. The van der Waals surface area contributed by atoms with E-state index in [4.69, 9.17) is 4.74 Å². The molecule has 1 aliphatic rings. The summed E-state index contributed by atoms with van der Waals surface area (Å²) in [6.07, 6.45) is 6.00. The van der Waals surface area contributed by atoms with Crippen LogP contribution in [0.2, 0.25) is 0 Å². The Morgan fingerprint density at radius 1 is 1.07 bits per heavy atom. The first-order valence-corrected chi connectivity index (χ1v) is 12.8. The summed E-state index contributed by atoms with van der Waals surface area (Å²) in [6.45, 7) is 1.60. The molecule has 0 amide bonds. The number of ether oxygens (including phenoxy) is 1. The fourth-order valence-corrected chi connectivity index (χ4v) is 5.10. The number of thiazole rings is 1. The lowest BCUT2D eigenvalue weighted by Gasteiger charge is -2.22. The summed E-state index contributed by atoms with van der Waals surface area (Å²) in [7, 11) is 0. The van der Waals surface area contributed by atoms with E-state index >= 15 is 4.39 Å². The number of halogens is 2. The molecule has 4 N–H and O–H groups in total. The van der Waals surface area contributed by atoms with Crippen LogP contribution in [0.4, 0.5) is 14.5 Å². The van der Waals surface area contributed by atoms with Crippen LogP contribution in [0.15, 0.2) is 70.6 Å². The fraction of sp³-hybridized carbons (Fsp3) is 0.0690. The zero-order chi connectivity index (χ0) is 28.0. The molecule has 3 aromatic carbocycles. The monoisotopic (exact) mass is 558 g/mol. The van der Waals surface area contributed by atoms with Gasteiger partial charge in [-0.25, -0.2) is 13.8 Å².